The van der Waals surface area contributed by atoms with Gasteiger partial charge in [-0.05, 0) is 49.3 Å². The minimum atomic E-state index is -3.80. The lowest BCUT2D eigenvalue weighted by molar-refractivity contribution is -0.127. The summed E-state index contributed by atoms with van der Waals surface area (Å²) < 4.78 is 27.4. The van der Waals surface area contributed by atoms with Gasteiger partial charge >= 0.3 is 0 Å². The van der Waals surface area contributed by atoms with Crippen molar-refractivity contribution < 1.29 is 13.2 Å². The number of hydrogen-bond donors (Lipinski definition) is 1. The molecule has 1 atom stereocenters. The van der Waals surface area contributed by atoms with Gasteiger partial charge in [0.25, 0.3) is 0 Å². The summed E-state index contributed by atoms with van der Waals surface area (Å²) in [4.78, 5) is 12.9. The zero-order valence-electron chi connectivity index (χ0n) is 16.4. The number of piperidine rings is 1. The predicted octanol–water partition coefficient (Wildman–Crippen LogP) is 4.66. The van der Waals surface area contributed by atoms with E-state index in [4.69, 9.17) is 23.2 Å². The third-order valence-corrected chi connectivity index (χ3v) is 8.75. The van der Waals surface area contributed by atoms with Gasteiger partial charge in [0.2, 0.25) is 15.9 Å². The molecule has 160 valence electrons. The van der Waals surface area contributed by atoms with E-state index in [0.717, 1.165) is 18.4 Å². The van der Waals surface area contributed by atoms with Gasteiger partial charge in [0.1, 0.15) is 4.90 Å². The fourth-order valence-corrected chi connectivity index (χ4v) is 6.61. The summed E-state index contributed by atoms with van der Waals surface area (Å²) in [6.07, 6.45) is 3.18. The van der Waals surface area contributed by atoms with Crippen LogP contribution in [0.5, 0.6) is 0 Å². The van der Waals surface area contributed by atoms with Crippen molar-refractivity contribution in [2.75, 3.05) is 13.1 Å². The highest BCUT2D eigenvalue weighted by Crippen LogP contribution is 2.41. The van der Waals surface area contributed by atoms with Crippen LogP contribution in [0.4, 0.5) is 0 Å². The highest BCUT2D eigenvalue weighted by atomic mass is 35.5. The summed E-state index contributed by atoms with van der Waals surface area (Å²) in [6, 6.07) is 14.7. The van der Waals surface area contributed by atoms with Crippen molar-refractivity contribution in [3.63, 3.8) is 0 Å². The lowest BCUT2D eigenvalue weighted by Gasteiger charge is -2.32. The molecule has 1 N–H and O–H groups in total. The molecule has 1 aliphatic carbocycles. The molecule has 0 bridgehead atoms. The van der Waals surface area contributed by atoms with Crippen LogP contribution in [0.1, 0.15) is 37.3 Å². The molecule has 2 aliphatic rings. The summed E-state index contributed by atoms with van der Waals surface area (Å²) >= 11 is 12.2. The fourth-order valence-electron chi connectivity index (χ4n) is 4.05. The Balaban J connectivity index is 1.41. The fraction of sp³-hybridized carbons (Fsp3) is 0.409. The van der Waals surface area contributed by atoms with Crippen molar-refractivity contribution in [3.05, 3.63) is 64.1 Å². The van der Waals surface area contributed by atoms with E-state index in [1.54, 1.807) is 6.07 Å². The Kier molecular flexibility index (Phi) is 6.39. The highest BCUT2D eigenvalue weighted by Gasteiger charge is 2.37. The SMILES string of the molecule is O=C(N[C@H](c1ccccc1)C1CC1)C1CCN(S(=O)(=O)c2c(Cl)cccc2Cl)CC1. The average Bonchev–Trinajstić information content (AvgIpc) is 3.57. The Morgan fingerprint density at radius 3 is 2.10 bits per heavy atom. The molecule has 1 saturated heterocycles. The number of nitrogens with one attached hydrogen (secondary N) is 1. The van der Waals surface area contributed by atoms with E-state index in [-0.39, 0.29) is 45.9 Å². The molecule has 0 radical (unpaired) electrons. The zero-order valence-corrected chi connectivity index (χ0v) is 18.8. The molecule has 2 fully saturated rings. The molecule has 5 nitrogen and oxygen atoms in total. The van der Waals surface area contributed by atoms with Crippen molar-refractivity contribution in [2.24, 2.45) is 11.8 Å². The van der Waals surface area contributed by atoms with E-state index in [1.807, 2.05) is 30.3 Å². The van der Waals surface area contributed by atoms with Gasteiger partial charge in [-0.1, -0.05) is 59.6 Å². The number of nitrogens with zero attached hydrogens (tertiary/aromatic N) is 1. The summed E-state index contributed by atoms with van der Waals surface area (Å²) in [5.41, 5.74) is 1.13. The largest absolute Gasteiger partial charge is 0.349 e. The summed E-state index contributed by atoms with van der Waals surface area (Å²) in [5, 5.41) is 3.44. The number of carbonyl (C=O) groups excluding carboxylic acids is 1. The normalized spacial score (nSPS) is 19.4. The van der Waals surface area contributed by atoms with Gasteiger partial charge in [0.05, 0.1) is 16.1 Å². The molecular formula is C22H24Cl2N2O3S. The van der Waals surface area contributed by atoms with E-state index in [1.165, 1.54) is 16.4 Å². The molecule has 0 aromatic heterocycles. The minimum Gasteiger partial charge on any atom is -0.349 e. The van der Waals surface area contributed by atoms with E-state index >= 15 is 0 Å². The van der Waals surface area contributed by atoms with E-state index in [9.17, 15) is 13.2 Å². The van der Waals surface area contributed by atoms with Crippen LogP contribution in [0.25, 0.3) is 0 Å². The quantitative estimate of drug-likeness (QED) is 0.672. The van der Waals surface area contributed by atoms with Crippen LogP contribution in [0.2, 0.25) is 10.0 Å². The van der Waals surface area contributed by atoms with E-state index < -0.39 is 10.0 Å². The standard InChI is InChI=1S/C22H24Cl2N2O3S/c23-18-7-4-8-19(24)21(18)30(28,29)26-13-11-17(12-14-26)22(27)25-20(16-9-10-16)15-5-2-1-3-6-15/h1-8,16-17,20H,9-14H2,(H,25,27)/t20-/m1/s1. The van der Waals surface area contributed by atoms with Crippen molar-refractivity contribution >= 4 is 39.1 Å². The third kappa shape index (κ3) is 4.52. The van der Waals surface area contributed by atoms with Gasteiger partial charge in [-0.2, -0.15) is 4.31 Å². The van der Waals surface area contributed by atoms with Gasteiger partial charge in [0, 0.05) is 19.0 Å². The molecule has 0 unspecified atom stereocenters. The van der Waals surface area contributed by atoms with E-state index in [0.29, 0.717) is 18.8 Å². The van der Waals surface area contributed by atoms with Crippen molar-refractivity contribution in [2.45, 2.75) is 36.6 Å². The first-order valence-corrected chi connectivity index (χ1v) is 12.4. The third-order valence-electron chi connectivity index (χ3n) is 5.89. The lowest BCUT2D eigenvalue weighted by Crippen LogP contribution is -2.44. The van der Waals surface area contributed by atoms with Crippen LogP contribution >= 0.6 is 23.2 Å². The van der Waals surface area contributed by atoms with Crippen molar-refractivity contribution in [3.8, 4) is 0 Å². The van der Waals surface area contributed by atoms with Crippen LogP contribution in [-0.4, -0.2) is 31.7 Å². The molecule has 8 heteroatoms. The Morgan fingerprint density at radius 1 is 0.933 bits per heavy atom. The molecule has 4 rings (SSSR count). The average molecular weight is 467 g/mol. The Labute approximate surface area is 187 Å². The molecule has 0 spiro atoms. The first-order chi connectivity index (χ1) is 14.4. The second-order valence-corrected chi connectivity index (χ2v) is 10.7. The van der Waals surface area contributed by atoms with E-state index in [2.05, 4.69) is 5.32 Å². The Morgan fingerprint density at radius 2 is 1.53 bits per heavy atom. The molecule has 1 amide bonds. The molecule has 30 heavy (non-hydrogen) atoms. The van der Waals surface area contributed by atoms with Gasteiger partial charge in [-0.15, -0.1) is 0 Å². The number of amides is 1. The van der Waals surface area contributed by atoms with Crippen molar-refractivity contribution in [1.82, 2.24) is 9.62 Å². The molecular weight excluding hydrogens is 443 g/mol. The van der Waals surface area contributed by atoms with Crippen molar-refractivity contribution in [1.29, 1.82) is 0 Å². The molecule has 1 saturated carbocycles. The number of sulfonamides is 1. The van der Waals surface area contributed by atoms with Gasteiger partial charge in [0.15, 0.2) is 0 Å². The predicted molar refractivity (Wildman–Crippen MR) is 118 cm³/mol. The molecule has 1 aliphatic heterocycles. The van der Waals surface area contributed by atoms with Crippen LogP contribution in [0, 0.1) is 11.8 Å². The Hall–Kier alpha value is -1.60. The first kappa shape index (κ1) is 21.6. The Bertz CT molecular complexity index is 998. The maximum absolute atomic E-state index is 13.0. The van der Waals surface area contributed by atoms with Crippen LogP contribution in [-0.2, 0) is 14.8 Å². The summed E-state index contributed by atoms with van der Waals surface area (Å²) in [5.74, 6) is 0.283. The first-order valence-electron chi connectivity index (χ1n) is 10.2. The lowest BCUT2D eigenvalue weighted by atomic mass is 9.95. The smallest absolute Gasteiger partial charge is 0.246 e. The number of rotatable bonds is 6. The van der Waals surface area contributed by atoms with Gasteiger partial charge in [-0.25, -0.2) is 8.42 Å². The van der Waals surface area contributed by atoms with Crippen LogP contribution in [0.3, 0.4) is 0 Å². The number of hydrogen-bond acceptors (Lipinski definition) is 3. The highest BCUT2D eigenvalue weighted by molar-refractivity contribution is 7.89. The van der Waals surface area contributed by atoms with Crippen LogP contribution in [0.15, 0.2) is 53.4 Å². The molecule has 2 aromatic rings. The number of halogens is 2. The second kappa shape index (κ2) is 8.87. The summed E-state index contributed by atoms with van der Waals surface area (Å²) in [7, 11) is -3.80. The maximum Gasteiger partial charge on any atom is 0.246 e. The number of benzene rings is 2. The van der Waals surface area contributed by atoms with Gasteiger partial charge in [-0.3, -0.25) is 4.79 Å². The van der Waals surface area contributed by atoms with Crippen LogP contribution < -0.4 is 5.32 Å². The minimum absolute atomic E-state index is 0.00331. The second-order valence-electron chi connectivity index (χ2n) is 7.96. The summed E-state index contributed by atoms with van der Waals surface area (Å²) in [6.45, 7) is 0.531. The zero-order chi connectivity index (χ0) is 21.3. The van der Waals surface area contributed by atoms with Gasteiger partial charge < -0.3 is 5.32 Å². The molecule has 2 aromatic carbocycles. The molecule has 1 heterocycles. The topological polar surface area (TPSA) is 66.5 Å². The monoisotopic (exact) mass is 466 g/mol. The maximum atomic E-state index is 13.0. The number of carbonyl (C=O) groups is 1.